The second kappa shape index (κ2) is 12.5. The molecular formula is C18H35N. The lowest BCUT2D eigenvalue weighted by Gasteiger charge is -2.14. The maximum absolute atomic E-state index is 3.58. The monoisotopic (exact) mass is 265 g/mol. The van der Waals surface area contributed by atoms with E-state index in [-0.39, 0.29) is 0 Å². The summed E-state index contributed by atoms with van der Waals surface area (Å²) in [6.45, 7) is 12.4. The van der Waals surface area contributed by atoms with Crippen LogP contribution in [0, 0.1) is 23.7 Å². The Bertz CT molecular complexity index is 248. The molecule has 0 rings (SSSR count). The van der Waals surface area contributed by atoms with Crippen LogP contribution in [0.25, 0.3) is 0 Å². The van der Waals surface area contributed by atoms with E-state index < -0.39 is 0 Å². The largest absolute Gasteiger partial charge is 0.313 e. The molecular weight excluding hydrogens is 230 g/mol. The summed E-state index contributed by atoms with van der Waals surface area (Å²) in [5.41, 5.74) is 0. The van der Waals surface area contributed by atoms with Gasteiger partial charge in [0.1, 0.15) is 0 Å². The molecule has 3 unspecified atom stereocenters. The van der Waals surface area contributed by atoms with Gasteiger partial charge in [-0.15, -0.1) is 11.8 Å². The van der Waals surface area contributed by atoms with E-state index in [2.05, 4.69) is 51.8 Å². The molecule has 1 N–H and O–H groups in total. The van der Waals surface area contributed by atoms with E-state index in [4.69, 9.17) is 0 Å². The van der Waals surface area contributed by atoms with E-state index in [1.165, 1.54) is 32.1 Å². The Morgan fingerprint density at radius 2 is 1.74 bits per heavy atom. The highest BCUT2D eigenvalue weighted by molar-refractivity contribution is 5.02. The average Bonchev–Trinajstić information content (AvgIpc) is 2.38. The highest BCUT2D eigenvalue weighted by Crippen LogP contribution is 2.14. The molecule has 0 radical (unpaired) electrons. The molecule has 0 aliphatic heterocycles. The van der Waals surface area contributed by atoms with Gasteiger partial charge in [0.2, 0.25) is 0 Å². The summed E-state index contributed by atoms with van der Waals surface area (Å²) < 4.78 is 0. The van der Waals surface area contributed by atoms with Crippen molar-refractivity contribution in [1.29, 1.82) is 0 Å². The van der Waals surface area contributed by atoms with Crippen LogP contribution >= 0.6 is 0 Å². The second-order valence-corrected chi connectivity index (χ2v) is 6.06. The Labute approximate surface area is 121 Å². The molecule has 0 aromatic rings. The highest BCUT2D eigenvalue weighted by atomic mass is 14.9. The Morgan fingerprint density at radius 1 is 1.00 bits per heavy atom. The molecule has 0 heterocycles. The van der Waals surface area contributed by atoms with E-state index in [1.807, 2.05) is 0 Å². The van der Waals surface area contributed by atoms with Crippen molar-refractivity contribution in [3.05, 3.63) is 0 Å². The van der Waals surface area contributed by atoms with Gasteiger partial charge in [0.05, 0.1) is 0 Å². The fourth-order valence-electron chi connectivity index (χ4n) is 2.24. The van der Waals surface area contributed by atoms with E-state index in [9.17, 15) is 0 Å². The van der Waals surface area contributed by atoms with Crippen molar-refractivity contribution in [2.45, 2.75) is 85.6 Å². The maximum Gasteiger partial charge on any atom is 0.0214 e. The van der Waals surface area contributed by atoms with Gasteiger partial charge >= 0.3 is 0 Å². The van der Waals surface area contributed by atoms with Crippen molar-refractivity contribution < 1.29 is 0 Å². The zero-order chi connectivity index (χ0) is 14.5. The van der Waals surface area contributed by atoms with Gasteiger partial charge in [0, 0.05) is 24.9 Å². The van der Waals surface area contributed by atoms with Crippen LogP contribution in [0.2, 0.25) is 0 Å². The van der Waals surface area contributed by atoms with Crippen molar-refractivity contribution in [1.82, 2.24) is 5.32 Å². The fourth-order valence-corrected chi connectivity index (χ4v) is 2.24. The van der Waals surface area contributed by atoms with Crippen molar-refractivity contribution in [3.8, 4) is 11.8 Å². The van der Waals surface area contributed by atoms with Crippen molar-refractivity contribution in [2.75, 3.05) is 6.54 Å². The van der Waals surface area contributed by atoms with Gasteiger partial charge in [0.25, 0.3) is 0 Å². The Balaban J connectivity index is 3.48. The molecule has 0 aliphatic carbocycles. The molecule has 0 aromatic carbocycles. The zero-order valence-corrected chi connectivity index (χ0v) is 13.9. The van der Waals surface area contributed by atoms with Crippen LogP contribution in [-0.2, 0) is 0 Å². The molecule has 3 atom stereocenters. The number of hydrogen-bond donors (Lipinski definition) is 1. The van der Waals surface area contributed by atoms with Crippen molar-refractivity contribution in [3.63, 3.8) is 0 Å². The first-order valence-electron chi connectivity index (χ1n) is 8.31. The van der Waals surface area contributed by atoms with Crippen LogP contribution in [0.1, 0.15) is 79.6 Å². The quantitative estimate of drug-likeness (QED) is 0.432. The maximum atomic E-state index is 3.58. The van der Waals surface area contributed by atoms with Gasteiger partial charge in [-0.25, -0.2) is 0 Å². The van der Waals surface area contributed by atoms with Crippen molar-refractivity contribution in [2.24, 2.45) is 11.8 Å². The molecule has 1 heteroatoms. The van der Waals surface area contributed by atoms with Gasteiger partial charge in [0.15, 0.2) is 0 Å². The van der Waals surface area contributed by atoms with E-state index in [0.29, 0.717) is 12.0 Å². The lowest BCUT2D eigenvalue weighted by molar-refractivity contribution is 0.426. The minimum Gasteiger partial charge on any atom is -0.313 e. The van der Waals surface area contributed by atoms with Gasteiger partial charge in [-0.05, 0) is 25.7 Å². The Hall–Kier alpha value is -0.480. The lowest BCUT2D eigenvalue weighted by Crippen LogP contribution is -2.26. The SMILES string of the molecule is CCCC(C)CCCC(C)NCCC#CC(C)CC. The third-order valence-corrected chi connectivity index (χ3v) is 3.82. The minimum atomic E-state index is 0.553. The van der Waals surface area contributed by atoms with Crippen LogP contribution in [-0.4, -0.2) is 12.6 Å². The molecule has 1 nitrogen and oxygen atoms in total. The van der Waals surface area contributed by atoms with E-state index >= 15 is 0 Å². The summed E-state index contributed by atoms with van der Waals surface area (Å²) in [6, 6.07) is 0.638. The van der Waals surface area contributed by atoms with Crippen LogP contribution in [0.3, 0.4) is 0 Å². The third kappa shape index (κ3) is 12.3. The van der Waals surface area contributed by atoms with Gasteiger partial charge in [-0.2, -0.15) is 0 Å². The molecule has 0 bridgehead atoms. The predicted octanol–water partition coefficient (Wildman–Crippen LogP) is 5.01. The molecule has 0 aliphatic rings. The molecule has 0 saturated heterocycles. The molecule has 0 fully saturated rings. The van der Waals surface area contributed by atoms with Gasteiger partial charge < -0.3 is 5.32 Å². The van der Waals surface area contributed by atoms with Gasteiger partial charge in [-0.1, -0.05) is 53.4 Å². The standard InChI is InChI=1S/C18H35N/c1-6-11-17(4)13-10-14-18(5)19-15-9-8-12-16(3)7-2/h16-19H,6-7,9-11,13-15H2,1-5H3. The number of nitrogens with one attached hydrogen (secondary N) is 1. The number of rotatable bonds is 10. The van der Waals surface area contributed by atoms with Crippen molar-refractivity contribution >= 4 is 0 Å². The predicted molar refractivity (Wildman–Crippen MR) is 87.2 cm³/mol. The summed E-state index contributed by atoms with van der Waals surface area (Å²) in [5, 5.41) is 3.58. The van der Waals surface area contributed by atoms with E-state index in [0.717, 1.165) is 25.3 Å². The zero-order valence-electron chi connectivity index (χ0n) is 13.9. The molecule has 0 saturated carbocycles. The van der Waals surface area contributed by atoms with Crippen LogP contribution < -0.4 is 5.32 Å². The highest BCUT2D eigenvalue weighted by Gasteiger charge is 2.03. The lowest BCUT2D eigenvalue weighted by atomic mass is 9.98. The minimum absolute atomic E-state index is 0.553. The number of hydrogen-bond acceptors (Lipinski definition) is 1. The van der Waals surface area contributed by atoms with Gasteiger partial charge in [-0.3, -0.25) is 0 Å². The van der Waals surface area contributed by atoms with E-state index in [1.54, 1.807) is 0 Å². The first-order chi connectivity index (χ1) is 9.10. The van der Waals surface area contributed by atoms with Crippen LogP contribution in [0.15, 0.2) is 0 Å². The average molecular weight is 265 g/mol. The summed E-state index contributed by atoms with van der Waals surface area (Å²) in [5.74, 6) is 8.01. The second-order valence-electron chi connectivity index (χ2n) is 6.06. The molecule has 112 valence electrons. The normalized spacial score (nSPS) is 15.4. The van der Waals surface area contributed by atoms with Crippen LogP contribution in [0.5, 0.6) is 0 Å². The Morgan fingerprint density at radius 3 is 2.37 bits per heavy atom. The summed E-state index contributed by atoms with van der Waals surface area (Å²) >= 11 is 0. The molecule has 19 heavy (non-hydrogen) atoms. The topological polar surface area (TPSA) is 12.0 Å². The third-order valence-electron chi connectivity index (χ3n) is 3.82. The Kier molecular flexibility index (Phi) is 12.2. The summed E-state index contributed by atoms with van der Waals surface area (Å²) in [6.07, 6.45) is 8.89. The molecule has 0 aromatic heterocycles. The van der Waals surface area contributed by atoms with Crippen LogP contribution in [0.4, 0.5) is 0 Å². The first-order valence-corrected chi connectivity index (χ1v) is 8.31. The fraction of sp³-hybridized carbons (Fsp3) is 0.889. The molecule has 0 spiro atoms. The first kappa shape index (κ1) is 18.5. The molecule has 0 amide bonds. The smallest absolute Gasteiger partial charge is 0.0214 e. The summed E-state index contributed by atoms with van der Waals surface area (Å²) in [4.78, 5) is 0. The summed E-state index contributed by atoms with van der Waals surface area (Å²) in [7, 11) is 0.